The molecule has 0 aromatic heterocycles. The summed E-state index contributed by atoms with van der Waals surface area (Å²) in [6, 6.07) is 0. The minimum atomic E-state index is 0.157. The van der Waals surface area contributed by atoms with Crippen molar-refractivity contribution in [2.24, 2.45) is 9.98 Å². The topological polar surface area (TPSA) is 89.2 Å². The lowest BCUT2D eigenvalue weighted by Crippen LogP contribution is -2.23. The molecular formula is C12H26N4O2. The van der Waals surface area contributed by atoms with Crippen LogP contribution in [0.5, 0.6) is 0 Å². The third-order valence-electron chi connectivity index (χ3n) is 2.38. The van der Waals surface area contributed by atoms with E-state index in [0.717, 1.165) is 24.5 Å². The SMILES string of the molecule is CC(=NCCNCCO)C(C)=NCCNCCO. The number of nitrogens with zero attached hydrogens (tertiary/aromatic N) is 2. The van der Waals surface area contributed by atoms with Gasteiger partial charge < -0.3 is 20.8 Å². The first-order valence-corrected chi connectivity index (χ1v) is 6.38. The highest BCUT2D eigenvalue weighted by Crippen LogP contribution is 1.85. The van der Waals surface area contributed by atoms with E-state index >= 15 is 0 Å². The van der Waals surface area contributed by atoms with Gasteiger partial charge in [0.15, 0.2) is 0 Å². The molecule has 6 nitrogen and oxygen atoms in total. The van der Waals surface area contributed by atoms with E-state index in [4.69, 9.17) is 10.2 Å². The Labute approximate surface area is 109 Å². The van der Waals surface area contributed by atoms with Gasteiger partial charge in [0.1, 0.15) is 0 Å². The van der Waals surface area contributed by atoms with Crippen LogP contribution in [0, 0.1) is 0 Å². The van der Waals surface area contributed by atoms with Crippen LogP contribution in [0.1, 0.15) is 13.8 Å². The zero-order valence-electron chi connectivity index (χ0n) is 11.4. The van der Waals surface area contributed by atoms with E-state index in [1.807, 2.05) is 13.8 Å². The van der Waals surface area contributed by atoms with Gasteiger partial charge in [0.05, 0.1) is 37.7 Å². The molecule has 0 aliphatic rings. The average molecular weight is 258 g/mol. The summed E-state index contributed by atoms with van der Waals surface area (Å²) in [7, 11) is 0. The quantitative estimate of drug-likeness (QED) is 0.285. The summed E-state index contributed by atoms with van der Waals surface area (Å²) < 4.78 is 0. The largest absolute Gasteiger partial charge is 0.395 e. The standard InChI is InChI=1S/C12H26N4O2/c1-11(15-5-3-13-7-9-17)12(2)16-6-4-14-8-10-18/h13-14,17-18H,3-10H2,1-2H3. The number of hydrogen-bond acceptors (Lipinski definition) is 6. The van der Waals surface area contributed by atoms with Crippen molar-refractivity contribution in [3.8, 4) is 0 Å². The van der Waals surface area contributed by atoms with Gasteiger partial charge in [-0.1, -0.05) is 0 Å². The molecule has 0 aromatic rings. The molecule has 0 spiro atoms. The zero-order chi connectivity index (χ0) is 13.6. The predicted octanol–water partition coefficient (Wildman–Crippen LogP) is -0.928. The van der Waals surface area contributed by atoms with E-state index in [0.29, 0.717) is 26.2 Å². The smallest absolute Gasteiger partial charge is 0.0555 e. The number of aliphatic imine (C=N–C) groups is 2. The van der Waals surface area contributed by atoms with E-state index in [9.17, 15) is 0 Å². The molecule has 0 aliphatic heterocycles. The Morgan fingerprint density at radius 1 is 0.778 bits per heavy atom. The average Bonchev–Trinajstić information content (AvgIpc) is 2.37. The summed E-state index contributed by atoms with van der Waals surface area (Å²) in [6.45, 7) is 8.36. The third kappa shape index (κ3) is 10.3. The van der Waals surface area contributed by atoms with Gasteiger partial charge in [-0.3, -0.25) is 9.98 Å². The number of hydrogen-bond donors (Lipinski definition) is 4. The normalized spacial score (nSPS) is 13.1. The minimum absolute atomic E-state index is 0.157. The monoisotopic (exact) mass is 258 g/mol. The van der Waals surface area contributed by atoms with E-state index < -0.39 is 0 Å². The van der Waals surface area contributed by atoms with Crippen LogP contribution in [0.15, 0.2) is 9.98 Å². The Kier molecular flexibility index (Phi) is 12.1. The van der Waals surface area contributed by atoms with Crippen molar-refractivity contribution in [1.29, 1.82) is 0 Å². The first-order valence-electron chi connectivity index (χ1n) is 6.38. The summed E-state index contributed by atoms with van der Waals surface area (Å²) in [5, 5.41) is 23.3. The zero-order valence-corrected chi connectivity index (χ0v) is 11.4. The predicted molar refractivity (Wildman–Crippen MR) is 75.9 cm³/mol. The molecule has 0 unspecified atom stereocenters. The summed E-state index contributed by atoms with van der Waals surface area (Å²) in [4.78, 5) is 8.78. The molecule has 18 heavy (non-hydrogen) atoms. The fourth-order valence-electron chi connectivity index (χ4n) is 1.24. The first kappa shape index (κ1) is 17.2. The lowest BCUT2D eigenvalue weighted by atomic mass is 10.3. The van der Waals surface area contributed by atoms with Gasteiger partial charge in [-0.15, -0.1) is 0 Å². The van der Waals surface area contributed by atoms with Crippen molar-refractivity contribution in [2.45, 2.75) is 13.8 Å². The maximum absolute atomic E-state index is 8.58. The van der Waals surface area contributed by atoms with Crippen LogP contribution in [0.4, 0.5) is 0 Å². The second-order valence-corrected chi connectivity index (χ2v) is 3.88. The first-order chi connectivity index (χ1) is 8.72. The molecule has 0 atom stereocenters. The molecule has 0 rings (SSSR count). The van der Waals surface area contributed by atoms with Crippen molar-refractivity contribution in [3.63, 3.8) is 0 Å². The molecule has 0 bridgehead atoms. The highest BCUT2D eigenvalue weighted by atomic mass is 16.3. The van der Waals surface area contributed by atoms with E-state index in [-0.39, 0.29) is 13.2 Å². The molecule has 106 valence electrons. The Hall–Kier alpha value is -0.820. The van der Waals surface area contributed by atoms with Crippen molar-refractivity contribution in [3.05, 3.63) is 0 Å². The van der Waals surface area contributed by atoms with E-state index in [1.165, 1.54) is 0 Å². The summed E-state index contributed by atoms with van der Waals surface area (Å²) in [5.41, 5.74) is 1.89. The molecule has 0 saturated heterocycles. The van der Waals surface area contributed by atoms with Gasteiger partial charge in [-0.2, -0.15) is 0 Å². The maximum atomic E-state index is 8.58. The van der Waals surface area contributed by atoms with Gasteiger partial charge in [0, 0.05) is 26.2 Å². The van der Waals surface area contributed by atoms with Crippen molar-refractivity contribution >= 4 is 11.4 Å². The minimum Gasteiger partial charge on any atom is -0.395 e. The molecule has 0 fully saturated rings. The summed E-state index contributed by atoms with van der Waals surface area (Å²) in [6.07, 6.45) is 0. The molecule has 0 aliphatic carbocycles. The molecule has 0 amide bonds. The van der Waals surface area contributed by atoms with Crippen LogP contribution in [0.2, 0.25) is 0 Å². The van der Waals surface area contributed by atoms with Crippen molar-refractivity contribution < 1.29 is 10.2 Å². The molecular weight excluding hydrogens is 232 g/mol. The van der Waals surface area contributed by atoms with Crippen LogP contribution in [-0.2, 0) is 0 Å². The summed E-state index contributed by atoms with van der Waals surface area (Å²) in [5.74, 6) is 0. The van der Waals surface area contributed by atoms with Gasteiger partial charge in [-0.05, 0) is 13.8 Å². The molecule has 4 N–H and O–H groups in total. The fraction of sp³-hybridized carbons (Fsp3) is 0.833. The van der Waals surface area contributed by atoms with E-state index in [1.54, 1.807) is 0 Å². The lowest BCUT2D eigenvalue weighted by Gasteiger charge is -2.03. The maximum Gasteiger partial charge on any atom is 0.0555 e. The van der Waals surface area contributed by atoms with Crippen LogP contribution < -0.4 is 10.6 Å². The highest BCUT2D eigenvalue weighted by Gasteiger charge is 1.95. The van der Waals surface area contributed by atoms with E-state index in [2.05, 4.69) is 20.6 Å². The number of aliphatic hydroxyl groups excluding tert-OH is 2. The third-order valence-corrected chi connectivity index (χ3v) is 2.38. The van der Waals surface area contributed by atoms with Gasteiger partial charge in [0.2, 0.25) is 0 Å². The lowest BCUT2D eigenvalue weighted by molar-refractivity contribution is 0.293. The van der Waals surface area contributed by atoms with Crippen LogP contribution in [0.3, 0.4) is 0 Å². The van der Waals surface area contributed by atoms with Crippen molar-refractivity contribution in [1.82, 2.24) is 10.6 Å². The molecule has 0 saturated carbocycles. The molecule has 6 heteroatoms. The Bertz CT molecular complexity index is 228. The molecule has 0 aromatic carbocycles. The summed E-state index contributed by atoms with van der Waals surface area (Å²) >= 11 is 0. The van der Waals surface area contributed by atoms with Crippen LogP contribution in [0.25, 0.3) is 0 Å². The van der Waals surface area contributed by atoms with Gasteiger partial charge in [0.25, 0.3) is 0 Å². The van der Waals surface area contributed by atoms with Gasteiger partial charge >= 0.3 is 0 Å². The second kappa shape index (κ2) is 12.6. The molecule has 0 radical (unpaired) electrons. The molecule has 0 heterocycles. The second-order valence-electron chi connectivity index (χ2n) is 3.88. The Balaban J connectivity index is 3.74. The number of aliphatic hydroxyl groups is 2. The number of nitrogens with one attached hydrogen (secondary N) is 2. The number of rotatable bonds is 11. The highest BCUT2D eigenvalue weighted by molar-refractivity contribution is 6.40. The van der Waals surface area contributed by atoms with Crippen LogP contribution in [-0.4, -0.2) is 74.1 Å². The van der Waals surface area contributed by atoms with Crippen LogP contribution >= 0.6 is 0 Å². The fourth-order valence-corrected chi connectivity index (χ4v) is 1.24. The Morgan fingerprint density at radius 2 is 1.17 bits per heavy atom. The van der Waals surface area contributed by atoms with Gasteiger partial charge in [-0.25, -0.2) is 0 Å². The van der Waals surface area contributed by atoms with Crippen molar-refractivity contribution in [2.75, 3.05) is 52.5 Å². The Morgan fingerprint density at radius 3 is 1.50 bits per heavy atom.